The topological polar surface area (TPSA) is 29.5 Å². The average molecular weight is 219 g/mol. The van der Waals surface area contributed by atoms with Crippen molar-refractivity contribution < 1.29 is 9.84 Å². The van der Waals surface area contributed by atoms with E-state index in [1.54, 1.807) is 0 Å². The Bertz CT molecular complexity index is 221. The molecule has 2 aliphatic heterocycles. The zero-order valence-electron chi connectivity index (χ0n) is 8.76. The van der Waals surface area contributed by atoms with Crippen LogP contribution in [-0.4, -0.2) is 22.4 Å². The summed E-state index contributed by atoms with van der Waals surface area (Å²) in [6.45, 7) is 2.14. The third-order valence-electron chi connectivity index (χ3n) is 3.78. The Morgan fingerprint density at radius 3 is 2.93 bits per heavy atom. The average Bonchev–Trinajstić information content (AvgIpc) is 2.28. The van der Waals surface area contributed by atoms with Gasteiger partial charge in [0.25, 0.3) is 0 Å². The molecule has 3 heteroatoms. The standard InChI is InChI=1S/C11H19ClO2/c1-10-5-3-6-11(13,14-10)8-9(10)4-2-7-12/h9,13H,2-8H2,1H3. The fourth-order valence-electron chi connectivity index (χ4n) is 3.01. The van der Waals surface area contributed by atoms with Gasteiger partial charge in [-0.3, -0.25) is 0 Å². The van der Waals surface area contributed by atoms with Crippen molar-refractivity contribution in [2.45, 2.75) is 56.8 Å². The molecule has 0 saturated carbocycles. The Morgan fingerprint density at radius 2 is 2.29 bits per heavy atom. The summed E-state index contributed by atoms with van der Waals surface area (Å²) in [5.41, 5.74) is -0.0843. The Hall–Kier alpha value is 0.210. The summed E-state index contributed by atoms with van der Waals surface area (Å²) in [5.74, 6) is 0.392. The molecule has 2 rings (SSSR count). The molecule has 14 heavy (non-hydrogen) atoms. The molecule has 2 aliphatic rings. The highest BCUT2D eigenvalue weighted by Crippen LogP contribution is 2.51. The summed E-state index contributed by atoms with van der Waals surface area (Å²) in [7, 11) is 0. The largest absolute Gasteiger partial charge is 0.365 e. The van der Waals surface area contributed by atoms with E-state index in [-0.39, 0.29) is 5.60 Å². The van der Waals surface area contributed by atoms with E-state index >= 15 is 0 Å². The summed E-state index contributed by atoms with van der Waals surface area (Å²) in [6.07, 6.45) is 5.90. The molecule has 0 aromatic heterocycles. The zero-order valence-corrected chi connectivity index (χ0v) is 9.52. The van der Waals surface area contributed by atoms with Crippen molar-refractivity contribution in [1.82, 2.24) is 0 Å². The summed E-state index contributed by atoms with van der Waals surface area (Å²) in [4.78, 5) is 0. The number of ether oxygens (including phenoxy) is 1. The highest BCUT2D eigenvalue weighted by atomic mass is 35.5. The van der Waals surface area contributed by atoms with E-state index in [9.17, 15) is 5.11 Å². The molecule has 0 aromatic rings. The van der Waals surface area contributed by atoms with Crippen LogP contribution in [0.25, 0.3) is 0 Å². The van der Waals surface area contributed by atoms with Gasteiger partial charge in [-0.15, -0.1) is 11.6 Å². The summed E-state index contributed by atoms with van der Waals surface area (Å²) < 4.78 is 5.79. The second-order valence-electron chi connectivity index (χ2n) is 4.95. The molecule has 0 radical (unpaired) electrons. The van der Waals surface area contributed by atoms with Gasteiger partial charge in [-0.05, 0) is 38.5 Å². The van der Waals surface area contributed by atoms with Crippen LogP contribution in [0.2, 0.25) is 0 Å². The van der Waals surface area contributed by atoms with Crippen LogP contribution in [0.15, 0.2) is 0 Å². The first-order valence-corrected chi connectivity index (χ1v) is 6.10. The molecule has 2 fully saturated rings. The fraction of sp³-hybridized carbons (Fsp3) is 1.00. The lowest BCUT2D eigenvalue weighted by molar-refractivity contribution is -0.245. The van der Waals surface area contributed by atoms with E-state index in [2.05, 4.69) is 6.92 Å². The van der Waals surface area contributed by atoms with Crippen LogP contribution >= 0.6 is 11.6 Å². The minimum Gasteiger partial charge on any atom is -0.365 e. The van der Waals surface area contributed by atoms with Gasteiger partial charge in [-0.1, -0.05) is 0 Å². The number of hydrogen-bond acceptors (Lipinski definition) is 2. The third kappa shape index (κ3) is 1.80. The van der Waals surface area contributed by atoms with E-state index < -0.39 is 5.79 Å². The lowest BCUT2D eigenvalue weighted by Crippen LogP contribution is -2.39. The van der Waals surface area contributed by atoms with Crippen LogP contribution in [0.5, 0.6) is 0 Å². The first-order valence-electron chi connectivity index (χ1n) is 5.56. The number of alkyl halides is 1. The Kier molecular flexibility index (Phi) is 2.80. The molecule has 3 unspecified atom stereocenters. The summed E-state index contributed by atoms with van der Waals surface area (Å²) in [5, 5.41) is 10.1. The van der Waals surface area contributed by atoms with Gasteiger partial charge in [-0.25, -0.2) is 0 Å². The smallest absolute Gasteiger partial charge is 0.166 e. The minimum atomic E-state index is -0.815. The van der Waals surface area contributed by atoms with Gasteiger partial charge < -0.3 is 9.84 Å². The number of rotatable bonds is 3. The van der Waals surface area contributed by atoms with Crippen molar-refractivity contribution in [3.8, 4) is 0 Å². The Morgan fingerprint density at radius 1 is 1.50 bits per heavy atom. The van der Waals surface area contributed by atoms with Gasteiger partial charge in [0.1, 0.15) is 0 Å². The van der Waals surface area contributed by atoms with Crippen LogP contribution in [0.4, 0.5) is 0 Å². The van der Waals surface area contributed by atoms with Crippen molar-refractivity contribution in [3.05, 3.63) is 0 Å². The highest BCUT2D eigenvalue weighted by molar-refractivity contribution is 6.17. The monoisotopic (exact) mass is 218 g/mol. The number of fused-ring (bicyclic) bond motifs is 2. The van der Waals surface area contributed by atoms with Gasteiger partial charge in [0.15, 0.2) is 5.79 Å². The van der Waals surface area contributed by atoms with Crippen molar-refractivity contribution in [3.63, 3.8) is 0 Å². The summed E-state index contributed by atoms with van der Waals surface area (Å²) >= 11 is 5.70. The minimum absolute atomic E-state index is 0.0843. The highest BCUT2D eigenvalue weighted by Gasteiger charge is 2.54. The Labute approximate surface area is 90.6 Å². The van der Waals surface area contributed by atoms with Crippen LogP contribution in [0.1, 0.15) is 45.4 Å². The van der Waals surface area contributed by atoms with Gasteiger partial charge >= 0.3 is 0 Å². The second-order valence-corrected chi connectivity index (χ2v) is 5.32. The maximum atomic E-state index is 10.1. The molecule has 2 heterocycles. The molecular weight excluding hydrogens is 200 g/mol. The van der Waals surface area contributed by atoms with Crippen molar-refractivity contribution in [1.29, 1.82) is 0 Å². The molecule has 2 saturated heterocycles. The van der Waals surface area contributed by atoms with Crippen molar-refractivity contribution >= 4 is 11.6 Å². The van der Waals surface area contributed by atoms with E-state index in [0.29, 0.717) is 11.8 Å². The molecule has 0 amide bonds. The van der Waals surface area contributed by atoms with Crippen LogP contribution in [-0.2, 0) is 4.74 Å². The van der Waals surface area contributed by atoms with Crippen molar-refractivity contribution in [2.75, 3.05) is 5.88 Å². The molecule has 3 atom stereocenters. The van der Waals surface area contributed by atoms with E-state index in [4.69, 9.17) is 16.3 Å². The number of halogens is 1. The third-order valence-corrected chi connectivity index (χ3v) is 4.05. The first-order chi connectivity index (χ1) is 6.58. The SMILES string of the molecule is CC12CCCC(O)(CC1CCCCl)O2. The fourth-order valence-corrected chi connectivity index (χ4v) is 3.17. The van der Waals surface area contributed by atoms with Gasteiger partial charge in [0.2, 0.25) is 0 Å². The number of aliphatic hydroxyl groups is 1. The van der Waals surface area contributed by atoms with Crippen LogP contribution < -0.4 is 0 Å². The van der Waals surface area contributed by atoms with Crippen LogP contribution in [0, 0.1) is 5.92 Å². The molecule has 0 spiro atoms. The maximum Gasteiger partial charge on any atom is 0.166 e. The molecule has 0 aromatic carbocycles. The lowest BCUT2D eigenvalue weighted by Gasteiger charge is -2.36. The zero-order chi connectivity index (χ0) is 10.2. The molecular formula is C11H19ClO2. The Balaban J connectivity index is 2.04. The molecule has 0 aliphatic carbocycles. The molecule has 82 valence electrons. The predicted octanol–water partition coefficient (Wildman–Crippen LogP) is 2.67. The predicted molar refractivity (Wildman–Crippen MR) is 56.4 cm³/mol. The maximum absolute atomic E-state index is 10.1. The number of hydrogen-bond donors (Lipinski definition) is 1. The van der Waals surface area contributed by atoms with Crippen LogP contribution in [0.3, 0.4) is 0 Å². The first kappa shape index (κ1) is 10.7. The molecule has 1 N–H and O–H groups in total. The van der Waals surface area contributed by atoms with E-state index in [1.807, 2.05) is 0 Å². The lowest BCUT2D eigenvalue weighted by atomic mass is 9.83. The van der Waals surface area contributed by atoms with Gasteiger partial charge in [0, 0.05) is 18.7 Å². The molecule has 2 bridgehead atoms. The van der Waals surface area contributed by atoms with Gasteiger partial charge in [0.05, 0.1) is 5.60 Å². The second kappa shape index (κ2) is 3.66. The summed E-state index contributed by atoms with van der Waals surface area (Å²) in [6, 6.07) is 0. The van der Waals surface area contributed by atoms with E-state index in [0.717, 1.165) is 38.5 Å². The normalized spacial score (nSPS) is 46.9. The van der Waals surface area contributed by atoms with Gasteiger partial charge in [-0.2, -0.15) is 0 Å². The van der Waals surface area contributed by atoms with E-state index in [1.165, 1.54) is 0 Å². The quantitative estimate of drug-likeness (QED) is 0.739. The van der Waals surface area contributed by atoms with Crippen molar-refractivity contribution in [2.24, 2.45) is 5.92 Å². The molecule has 2 nitrogen and oxygen atoms in total.